The Balaban J connectivity index is 0. The summed E-state index contributed by atoms with van der Waals surface area (Å²) >= 11 is 1.50. The van der Waals surface area contributed by atoms with Gasteiger partial charge in [0.2, 0.25) is 0 Å². The van der Waals surface area contributed by atoms with Crippen LogP contribution in [0.1, 0.15) is 54.5 Å². The van der Waals surface area contributed by atoms with Crippen LogP contribution in [0.15, 0.2) is 0 Å². The van der Waals surface area contributed by atoms with Crippen LogP contribution in [0.4, 0.5) is 0 Å². The maximum atomic E-state index is 12.6. The fourth-order valence-electron chi connectivity index (χ4n) is 2.11. The lowest BCUT2D eigenvalue weighted by atomic mass is 10.0. The van der Waals surface area contributed by atoms with E-state index >= 15 is 0 Å². The number of halogens is 2. The lowest BCUT2D eigenvalue weighted by Crippen LogP contribution is -2.34. The highest BCUT2D eigenvalue weighted by Gasteiger charge is 2.21. The lowest BCUT2D eigenvalue weighted by molar-refractivity contribution is 0.0792. The molecule has 7 heteroatoms. The van der Waals surface area contributed by atoms with Crippen molar-refractivity contribution in [3.05, 3.63) is 15.6 Å². The Bertz CT molecular complexity index is 478. The zero-order chi connectivity index (χ0) is 16.2. The van der Waals surface area contributed by atoms with Crippen LogP contribution in [0, 0.1) is 18.8 Å². The molecular formula is C16H31Cl2N3OS. The lowest BCUT2D eigenvalue weighted by Gasteiger charge is -2.21. The predicted octanol–water partition coefficient (Wildman–Crippen LogP) is 3.94. The second-order valence-corrected chi connectivity index (χ2v) is 7.73. The van der Waals surface area contributed by atoms with Gasteiger partial charge in [-0.3, -0.25) is 4.79 Å². The highest BCUT2D eigenvalue weighted by atomic mass is 35.5. The van der Waals surface area contributed by atoms with Gasteiger partial charge in [0.1, 0.15) is 4.88 Å². The Morgan fingerprint density at radius 3 is 2.30 bits per heavy atom. The molecule has 0 saturated carbocycles. The summed E-state index contributed by atoms with van der Waals surface area (Å²) in [7, 11) is 1.85. The van der Waals surface area contributed by atoms with Crippen molar-refractivity contribution in [2.45, 2.75) is 53.5 Å². The normalized spacial score (nSPS) is 11.9. The molecule has 4 nitrogen and oxygen atoms in total. The summed E-state index contributed by atoms with van der Waals surface area (Å²) < 4.78 is 0. The summed E-state index contributed by atoms with van der Waals surface area (Å²) in [6.45, 7) is 11.2. The molecule has 0 radical (unpaired) electrons. The molecule has 0 saturated heterocycles. The fraction of sp³-hybridized carbons (Fsp3) is 0.750. The van der Waals surface area contributed by atoms with Gasteiger partial charge in [-0.05, 0) is 31.6 Å². The monoisotopic (exact) mass is 383 g/mol. The van der Waals surface area contributed by atoms with E-state index in [9.17, 15) is 4.79 Å². The van der Waals surface area contributed by atoms with E-state index < -0.39 is 0 Å². The van der Waals surface area contributed by atoms with Crippen LogP contribution >= 0.6 is 36.2 Å². The van der Waals surface area contributed by atoms with Crippen LogP contribution in [0.25, 0.3) is 0 Å². The number of aromatic nitrogens is 1. The molecule has 1 heterocycles. The summed E-state index contributed by atoms with van der Waals surface area (Å²) in [6, 6.07) is 0.138. The molecule has 0 aliphatic rings. The van der Waals surface area contributed by atoms with Crippen molar-refractivity contribution in [1.82, 2.24) is 9.88 Å². The van der Waals surface area contributed by atoms with E-state index in [4.69, 9.17) is 5.73 Å². The largest absolute Gasteiger partial charge is 0.341 e. The maximum absolute atomic E-state index is 12.6. The Kier molecular flexibility index (Phi) is 12.2. The van der Waals surface area contributed by atoms with Crippen molar-refractivity contribution in [2.75, 3.05) is 13.6 Å². The second kappa shape index (κ2) is 11.2. The summed E-state index contributed by atoms with van der Waals surface area (Å²) in [6.07, 6.45) is 1.68. The number of nitrogens with two attached hydrogens (primary N) is 1. The quantitative estimate of drug-likeness (QED) is 0.775. The van der Waals surface area contributed by atoms with E-state index in [0.717, 1.165) is 28.4 Å². The number of thiazole rings is 1. The average Bonchev–Trinajstić information content (AvgIpc) is 2.74. The number of rotatable bonds is 7. The molecule has 2 N–H and O–H groups in total. The third kappa shape index (κ3) is 7.84. The smallest absolute Gasteiger partial charge is 0.265 e. The van der Waals surface area contributed by atoms with E-state index in [1.165, 1.54) is 11.3 Å². The van der Waals surface area contributed by atoms with E-state index in [-0.39, 0.29) is 36.8 Å². The summed E-state index contributed by atoms with van der Waals surface area (Å²) in [5.74, 6) is 1.01. The van der Waals surface area contributed by atoms with Crippen LogP contribution < -0.4 is 5.73 Å². The first-order valence-electron chi connectivity index (χ1n) is 7.69. The number of carbonyl (C=O) groups excluding carboxylic acids is 1. The van der Waals surface area contributed by atoms with Gasteiger partial charge in [0.25, 0.3) is 5.91 Å². The molecule has 1 amide bonds. The highest BCUT2D eigenvalue weighted by Crippen LogP contribution is 2.22. The molecule has 1 rings (SSSR count). The molecule has 23 heavy (non-hydrogen) atoms. The topological polar surface area (TPSA) is 59.2 Å². The standard InChI is InChI=1S/C16H29N3OS.2ClH/c1-10(2)9-14-15(21-12(5)18-14)16(20)19(6)8-7-13(17)11(3)4;;/h10-11,13H,7-9,17H2,1-6H3;2*1H. The number of aryl methyl sites for hydroxylation is 1. The van der Waals surface area contributed by atoms with Crippen molar-refractivity contribution in [3.8, 4) is 0 Å². The molecular weight excluding hydrogens is 353 g/mol. The van der Waals surface area contributed by atoms with Gasteiger partial charge in [0.05, 0.1) is 10.7 Å². The Hall–Kier alpha value is -0.360. The van der Waals surface area contributed by atoms with E-state index in [2.05, 4.69) is 32.7 Å². The maximum Gasteiger partial charge on any atom is 0.265 e. The van der Waals surface area contributed by atoms with Gasteiger partial charge in [-0.15, -0.1) is 36.2 Å². The molecule has 1 unspecified atom stereocenters. The van der Waals surface area contributed by atoms with E-state index in [1.807, 2.05) is 14.0 Å². The Morgan fingerprint density at radius 1 is 1.26 bits per heavy atom. The number of nitrogens with zero attached hydrogens (tertiary/aromatic N) is 2. The molecule has 0 aliphatic heterocycles. The zero-order valence-corrected chi connectivity index (χ0v) is 17.4. The molecule has 1 aromatic heterocycles. The van der Waals surface area contributed by atoms with Gasteiger partial charge in [-0.25, -0.2) is 4.98 Å². The Labute approximate surface area is 157 Å². The van der Waals surface area contributed by atoms with Gasteiger partial charge < -0.3 is 10.6 Å². The SMILES string of the molecule is Cc1nc(CC(C)C)c(C(=O)N(C)CCC(N)C(C)C)s1.Cl.Cl. The van der Waals surface area contributed by atoms with Gasteiger partial charge in [0, 0.05) is 19.6 Å². The molecule has 0 fully saturated rings. The minimum Gasteiger partial charge on any atom is -0.341 e. The highest BCUT2D eigenvalue weighted by molar-refractivity contribution is 7.13. The van der Waals surface area contributed by atoms with Crippen LogP contribution in [0.3, 0.4) is 0 Å². The van der Waals surface area contributed by atoms with Crippen molar-refractivity contribution in [2.24, 2.45) is 17.6 Å². The number of hydrogen-bond donors (Lipinski definition) is 1. The van der Waals surface area contributed by atoms with Crippen molar-refractivity contribution < 1.29 is 4.79 Å². The summed E-state index contributed by atoms with van der Waals surface area (Å²) in [4.78, 5) is 19.7. The van der Waals surface area contributed by atoms with Gasteiger partial charge in [0.15, 0.2) is 0 Å². The van der Waals surface area contributed by atoms with E-state index in [0.29, 0.717) is 18.4 Å². The fourth-order valence-corrected chi connectivity index (χ4v) is 3.05. The summed E-state index contributed by atoms with van der Waals surface area (Å²) in [5, 5.41) is 0.960. The minimum atomic E-state index is 0. The van der Waals surface area contributed by atoms with Crippen molar-refractivity contribution >= 4 is 42.1 Å². The van der Waals surface area contributed by atoms with Crippen molar-refractivity contribution in [1.29, 1.82) is 0 Å². The second-order valence-electron chi connectivity index (χ2n) is 6.53. The number of hydrogen-bond acceptors (Lipinski definition) is 4. The number of amides is 1. The first-order valence-corrected chi connectivity index (χ1v) is 8.51. The van der Waals surface area contributed by atoms with Gasteiger partial charge in [-0.2, -0.15) is 0 Å². The average molecular weight is 384 g/mol. The third-order valence-corrected chi connectivity index (χ3v) is 4.60. The van der Waals surface area contributed by atoms with Crippen LogP contribution in [0.2, 0.25) is 0 Å². The first kappa shape index (κ1) is 24.9. The van der Waals surface area contributed by atoms with Crippen molar-refractivity contribution in [3.63, 3.8) is 0 Å². The van der Waals surface area contributed by atoms with Crippen LogP contribution in [-0.2, 0) is 6.42 Å². The molecule has 1 aromatic rings. The molecule has 0 spiro atoms. The predicted molar refractivity (Wildman–Crippen MR) is 104 cm³/mol. The molecule has 136 valence electrons. The zero-order valence-electron chi connectivity index (χ0n) is 15.0. The number of carbonyl (C=O) groups is 1. The molecule has 1 atom stereocenters. The molecule has 0 aromatic carbocycles. The Morgan fingerprint density at radius 2 is 1.83 bits per heavy atom. The van der Waals surface area contributed by atoms with E-state index in [1.54, 1.807) is 4.90 Å². The summed E-state index contributed by atoms with van der Waals surface area (Å²) in [5.41, 5.74) is 7.00. The van der Waals surface area contributed by atoms with Gasteiger partial charge in [-0.1, -0.05) is 27.7 Å². The molecule has 0 aliphatic carbocycles. The van der Waals surface area contributed by atoms with Crippen LogP contribution in [0.5, 0.6) is 0 Å². The first-order chi connectivity index (χ1) is 9.72. The minimum absolute atomic E-state index is 0. The molecule has 0 bridgehead atoms. The van der Waals surface area contributed by atoms with Crippen LogP contribution in [-0.4, -0.2) is 35.4 Å². The third-order valence-electron chi connectivity index (χ3n) is 3.60. The van der Waals surface area contributed by atoms with Gasteiger partial charge >= 0.3 is 0 Å².